The van der Waals surface area contributed by atoms with Gasteiger partial charge in [0.25, 0.3) is 0 Å². The van der Waals surface area contributed by atoms with Gasteiger partial charge in [0, 0.05) is 0 Å². The van der Waals surface area contributed by atoms with Crippen molar-refractivity contribution >= 4 is 6.29 Å². The predicted octanol–water partition coefficient (Wildman–Crippen LogP) is 2.71. The summed E-state index contributed by atoms with van der Waals surface area (Å²) in [6.07, 6.45) is 12.6. The third-order valence-corrected chi connectivity index (χ3v) is 2.36. The standard InChI is InChI=1S/C10H16O/c11-9-5-8-10-6-3-1-2-4-7-10/h5,8-10H,1-4,6-7H2. The second-order valence-electron chi connectivity index (χ2n) is 3.27. The molecule has 0 aromatic rings. The van der Waals surface area contributed by atoms with Crippen molar-refractivity contribution in [2.75, 3.05) is 0 Å². The first-order valence-electron chi connectivity index (χ1n) is 4.55. The molecule has 0 unspecified atom stereocenters. The molecule has 1 heteroatoms. The molecule has 0 heterocycles. The lowest BCUT2D eigenvalue weighted by Crippen LogP contribution is -1.92. The molecule has 0 atom stereocenters. The highest BCUT2D eigenvalue weighted by Gasteiger charge is 2.07. The molecular weight excluding hydrogens is 136 g/mol. The predicted molar refractivity (Wildman–Crippen MR) is 46.4 cm³/mol. The van der Waals surface area contributed by atoms with E-state index in [1.165, 1.54) is 38.5 Å². The van der Waals surface area contributed by atoms with Crippen LogP contribution < -0.4 is 0 Å². The Morgan fingerprint density at radius 2 is 1.64 bits per heavy atom. The SMILES string of the molecule is O=CC=CC1CCCCCC1. The molecule has 1 nitrogen and oxygen atoms in total. The Bertz CT molecular complexity index is 130. The minimum atomic E-state index is 0.683. The van der Waals surface area contributed by atoms with E-state index in [4.69, 9.17) is 0 Å². The summed E-state index contributed by atoms with van der Waals surface area (Å²) in [7, 11) is 0. The smallest absolute Gasteiger partial charge is 0.142 e. The summed E-state index contributed by atoms with van der Waals surface area (Å²) >= 11 is 0. The molecule has 0 amide bonds. The highest BCUT2D eigenvalue weighted by molar-refractivity contribution is 5.64. The van der Waals surface area contributed by atoms with Gasteiger partial charge in [-0.05, 0) is 24.8 Å². The first-order chi connectivity index (χ1) is 5.43. The molecule has 0 aromatic carbocycles. The van der Waals surface area contributed by atoms with Crippen molar-refractivity contribution in [1.29, 1.82) is 0 Å². The molecule has 1 aliphatic carbocycles. The van der Waals surface area contributed by atoms with Crippen LogP contribution in [-0.4, -0.2) is 6.29 Å². The Kier molecular flexibility index (Phi) is 3.95. The van der Waals surface area contributed by atoms with Crippen LogP contribution in [0.2, 0.25) is 0 Å². The summed E-state index contributed by atoms with van der Waals surface area (Å²) in [5.74, 6) is 0.683. The average molecular weight is 152 g/mol. The van der Waals surface area contributed by atoms with Crippen LogP contribution >= 0.6 is 0 Å². The number of hydrogen-bond acceptors (Lipinski definition) is 1. The van der Waals surface area contributed by atoms with Gasteiger partial charge in [-0.15, -0.1) is 0 Å². The molecule has 1 aliphatic rings. The van der Waals surface area contributed by atoms with Crippen molar-refractivity contribution < 1.29 is 4.79 Å². The van der Waals surface area contributed by atoms with Crippen molar-refractivity contribution in [3.63, 3.8) is 0 Å². The fourth-order valence-corrected chi connectivity index (χ4v) is 1.71. The van der Waals surface area contributed by atoms with E-state index >= 15 is 0 Å². The Morgan fingerprint density at radius 3 is 2.18 bits per heavy atom. The van der Waals surface area contributed by atoms with Gasteiger partial charge in [0.1, 0.15) is 6.29 Å². The van der Waals surface area contributed by atoms with Crippen LogP contribution in [0.1, 0.15) is 38.5 Å². The molecule has 0 N–H and O–H groups in total. The van der Waals surface area contributed by atoms with Crippen LogP contribution in [0.5, 0.6) is 0 Å². The second-order valence-corrected chi connectivity index (χ2v) is 3.27. The zero-order valence-corrected chi connectivity index (χ0v) is 6.96. The lowest BCUT2D eigenvalue weighted by atomic mass is 10.0. The zero-order chi connectivity index (χ0) is 7.94. The number of carbonyl (C=O) groups is 1. The van der Waals surface area contributed by atoms with Gasteiger partial charge in [0.05, 0.1) is 0 Å². The fraction of sp³-hybridized carbons (Fsp3) is 0.700. The molecule has 0 radical (unpaired) electrons. The molecule has 0 saturated heterocycles. The lowest BCUT2D eigenvalue weighted by Gasteiger charge is -2.05. The van der Waals surface area contributed by atoms with Crippen molar-refractivity contribution in [3.05, 3.63) is 12.2 Å². The van der Waals surface area contributed by atoms with Gasteiger partial charge < -0.3 is 0 Å². The van der Waals surface area contributed by atoms with E-state index in [9.17, 15) is 4.79 Å². The Balaban J connectivity index is 2.30. The molecule has 0 bridgehead atoms. The number of carbonyl (C=O) groups excluding carboxylic acids is 1. The van der Waals surface area contributed by atoms with E-state index in [1.54, 1.807) is 6.08 Å². The monoisotopic (exact) mass is 152 g/mol. The van der Waals surface area contributed by atoms with E-state index in [0.29, 0.717) is 5.92 Å². The minimum Gasteiger partial charge on any atom is -0.299 e. The summed E-state index contributed by atoms with van der Waals surface area (Å²) in [5.41, 5.74) is 0. The summed E-state index contributed by atoms with van der Waals surface area (Å²) < 4.78 is 0. The minimum absolute atomic E-state index is 0.683. The fourth-order valence-electron chi connectivity index (χ4n) is 1.71. The third kappa shape index (κ3) is 3.35. The maximum Gasteiger partial charge on any atom is 0.142 e. The van der Waals surface area contributed by atoms with Gasteiger partial charge >= 0.3 is 0 Å². The Hall–Kier alpha value is -0.590. The van der Waals surface area contributed by atoms with Crippen LogP contribution in [0.15, 0.2) is 12.2 Å². The Morgan fingerprint density at radius 1 is 1.00 bits per heavy atom. The largest absolute Gasteiger partial charge is 0.299 e. The molecule has 11 heavy (non-hydrogen) atoms. The lowest BCUT2D eigenvalue weighted by molar-refractivity contribution is -0.104. The summed E-state index contributed by atoms with van der Waals surface area (Å²) in [5, 5.41) is 0. The van der Waals surface area contributed by atoms with Gasteiger partial charge in [-0.1, -0.05) is 31.8 Å². The summed E-state index contributed by atoms with van der Waals surface area (Å²) in [6, 6.07) is 0. The molecule has 0 spiro atoms. The molecular formula is C10H16O. The van der Waals surface area contributed by atoms with Gasteiger partial charge in [-0.3, -0.25) is 4.79 Å². The van der Waals surface area contributed by atoms with Crippen LogP contribution in [0.4, 0.5) is 0 Å². The van der Waals surface area contributed by atoms with E-state index in [2.05, 4.69) is 6.08 Å². The quantitative estimate of drug-likeness (QED) is 0.338. The first-order valence-corrected chi connectivity index (χ1v) is 4.55. The topological polar surface area (TPSA) is 17.1 Å². The van der Waals surface area contributed by atoms with Gasteiger partial charge in [0.2, 0.25) is 0 Å². The molecule has 1 saturated carbocycles. The van der Waals surface area contributed by atoms with Crippen molar-refractivity contribution in [3.8, 4) is 0 Å². The maximum absolute atomic E-state index is 10.0. The highest BCUT2D eigenvalue weighted by atomic mass is 16.1. The first kappa shape index (κ1) is 8.51. The van der Waals surface area contributed by atoms with E-state index in [1.807, 2.05) is 0 Å². The third-order valence-electron chi connectivity index (χ3n) is 2.36. The van der Waals surface area contributed by atoms with E-state index in [0.717, 1.165) is 6.29 Å². The van der Waals surface area contributed by atoms with Crippen LogP contribution in [0, 0.1) is 5.92 Å². The number of rotatable bonds is 2. The maximum atomic E-state index is 10.0. The van der Waals surface area contributed by atoms with Gasteiger partial charge in [-0.25, -0.2) is 0 Å². The second kappa shape index (κ2) is 5.11. The number of allylic oxidation sites excluding steroid dienone is 2. The molecule has 0 aliphatic heterocycles. The molecule has 1 fully saturated rings. The van der Waals surface area contributed by atoms with Crippen LogP contribution in [-0.2, 0) is 4.79 Å². The normalized spacial score (nSPS) is 21.8. The Labute approximate surface area is 68.5 Å². The van der Waals surface area contributed by atoms with Gasteiger partial charge in [0.15, 0.2) is 0 Å². The van der Waals surface area contributed by atoms with Crippen molar-refractivity contribution in [2.24, 2.45) is 5.92 Å². The summed E-state index contributed by atoms with van der Waals surface area (Å²) in [6.45, 7) is 0. The van der Waals surface area contributed by atoms with Crippen LogP contribution in [0.25, 0.3) is 0 Å². The van der Waals surface area contributed by atoms with Crippen molar-refractivity contribution in [2.45, 2.75) is 38.5 Å². The van der Waals surface area contributed by atoms with E-state index in [-0.39, 0.29) is 0 Å². The van der Waals surface area contributed by atoms with E-state index < -0.39 is 0 Å². The van der Waals surface area contributed by atoms with Crippen molar-refractivity contribution in [1.82, 2.24) is 0 Å². The molecule has 0 aromatic heterocycles. The number of aldehydes is 1. The average Bonchev–Trinajstić information content (AvgIpc) is 2.28. The van der Waals surface area contributed by atoms with Crippen LogP contribution in [0.3, 0.4) is 0 Å². The zero-order valence-electron chi connectivity index (χ0n) is 6.96. The number of hydrogen-bond donors (Lipinski definition) is 0. The molecule has 1 rings (SSSR count). The highest BCUT2D eigenvalue weighted by Crippen LogP contribution is 2.23. The molecule has 62 valence electrons. The summed E-state index contributed by atoms with van der Waals surface area (Å²) in [4.78, 5) is 10.0. The van der Waals surface area contributed by atoms with Gasteiger partial charge in [-0.2, -0.15) is 0 Å².